The molecule has 0 fully saturated rings. The Morgan fingerprint density at radius 3 is 2.55 bits per heavy atom. The fourth-order valence-electron chi connectivity index (χ4n) is 1.77. The number of methoxy groups -OCH3 is 1. The van der Waals surface area contributed by atoms with Gasteiger partial charge in [-0.3, -0.25) is 0 Å². The highest BCUT2D eigenvalue weighted by atomic mass is 32.2. The Morgan fingerprint density at radius 2 is 2.05 bits per heavy atom. The van der Waals surface area contributed by atoms with Gasteiger partial charge in [0, 0.05) is 19.6 Å². The maximum Gasteiger partial charge on any atom is 0.338 e. The molecular weight excluding hydrogens is 280 g/mol. The lowest BCUT2D eigenvalue weighted by molar-refractivity contribution is 0.0599. The number of nitrogens with zero attached hydrogens (tertiary/aromatic N) is 1. The number of hydrogen-bond acceptors (Lipinski definition) is 5. The minimum Gasteiger partial charge on any atom is -0.465 e. The summed E-state index contributed by atoms with van der Waals surface area (Å²) in [5, 5.41) is 0. The van der Waals surface area contributed by atoms with E-state index in [1.54, 1.807) is 13.8 Å². The van der Waals surface area contributed by atoms with Crippen LogP contribution in [0.5, 0.6) is 0 Å². The molecule has 0 heterocycles. The van der Waals surface area contributed by atoms with E-state index in [0.29, 0.717) is 5.56 Å². The zero-order valence-electron chi connectivity index (χ0n) is 12.1. The van der Waals surface area contributed by atoms with Crippen LogP contribution < -0.4 is 5.73 Å². The summed E-state index contributed by atoms with van der Waals surface area (Å²) in [5.74, 6) is -0.561. The van der Waals surface area contributed by atoms with Crippen LogP contribution in [0.15, 0.2) is 23.1 Å². The first-order chi connectivity index (χ1) is 9.27. The lowest BCUT2D eigenvalue weighted by Crippen LogP contribution is -2.40. The number of sulfonamides is 1. The van der Waals surface area contributed by atoms with Gasteiger partial charge in [0.25, 0.3) is 0 Å². The molecule has 1 aromatic carbocycles. The monoisotopic (exact) mass is 300 g/mol. The van der Waals surface area contributed by atoms with Gasteiger partial charge in [0.1, 0.15) is 0 Å². The second-order valence-corrected chi connectivity index (χ2v) is 6.49. The first kappa shape index (κ1) is 16.6. The molecule has 0 aliphatic carbocycles. The molecule has 0 radical (unpaired) electrons. The zero-order chi connectivity index (χ0) is 15.5. The van der Waals surface area contributed by atoms with Crippen molar-refractivity contribution in [3.8, 4) is 0 Å². The van der Waals surface area contributed by atoms with Crippen LogP contribution in [0.4, 0.5) is 0 Å². The Labute approximate surface area is 119 Å². The average molecular weight is 300 g/mol. The van der Waals surface area contributed by atoms with E-state index in [2.05, 4.69) is 4.74 Å². The van der Waals surface area contributed by atoms with E-state index in [1.807, 2.05) is 0 Å². The Morgan fingerprint density at radius 1 is 1.45 bits per heavy atom. The molecular formula is C13H20N2O4S. The summed E-state index contributed by atoms with van der Waals surface area (Å²) in [5.41, 5.74) is 6.11. The van der Waals surface area contributed by atoms with Gasteiger partial charge in [-0.1, -0.05) is 6.07 Å². The third kappa shape index (κ3) is 3.00. The van der Waals surface area contributed by atoms with Crippen LogP contribution in [0.2, 0.25) is 0 Å². The fourth-order valence-corrected chi connectivity index (χ4v) is 3.38. The highest BCUT2D eigenvalue weighted by Crippen LogP contribution is 2.23. The minimum atomic E-state index is -3.70. The molecule has 6 nitrogen and oxygen atoms in total. The summed E-state index contributed by atoms with van der Waals surface area (Å²) < 4.78 is 30.9. The molecule has 0 saturated heterocycles. The molecule has 7 heteroatoms. The van der Waals surface area contributed by atoms with Gasteiger partial charge in [-0.05, 0) is 31.5 Å². The highest BCUT2D eigenvalue weighted by Gasteiger charge is 2.27. The number of nitrogens with two attached hydrogens (primary N) is 1. The predicted molar refractivity (Wildman–Crippen MR) is 76.0 cm³/mol. The van der Waals surface area contributed by atoms with Gasteiger partial charge in [0.15, 0.2) is 0 Å². The van der Waals surface area contributed by atoms with Crippen molar-refractivity contribution in [2.24, 2.45) is 5.73 Å². The molecule has 1 atom stereocenters. The second kappa shape index (κ2) is 6.34. The quantitative estimate of drug-likeness (QED) is 0.810. The average Bonchev–Trinajstić information content (AvgIpc) is 2.44. The van der Waals surface area contributed by atoms with E-state index in [9.17, 15) is 13.2 Å². The number of likely N-dealkylation sites (N-methyl/N-ethyl adjacent to an activating group) is 1. The van der Waals surface area contributed by atoms with Crippen molar-refractivity contribution < 1.29 is 17.9 Å². The van der Waals surface area contributed by atoms with Gasteiger partial charge in [0.2, 0.25) is 10.0 Å². The summed E-state index contributed by atoms with van der Waals surface area (Å²) in [6.07, 6.45) is 0. The molecule has 0 amide bonds. The number of carbonyl (C=O) groups excluding carboxylic acids is 1. The normalized spacial score (nSPS) is 13.3. The lowest BCUT2D eigenvalue weighted by atomic mass is 10.1. The lowest BCUT2D eigenvalue weighted by Gasteiger charge is -2.24. The van der Waals surface area contributed by atoms with E-state index in [1.165, 1.54) is 36.7 Å². The Kier molecular flexibility index (Phi) is 5.27. The number of hydrogen-bond donors (Lipinski definition) is 1. The SMILES string of the molecule is COC(=O)c1cccc(S(=O)(=O)N(C)C(C)CN)c1C. The first-order valence-corrected chi connectivity index (χ1v) is 7.57. The summed E-state index contributed by atoms with van der Waals surface area (Å²) in [7, 11) is -0.975. The number of esters is 1. The second-order valence-electron chi connectivity index (χ2n) is 4.53. The summed E-state index contributed by atoms with van der Waals surface area (Å²) >= 11 is 0. The topological polar surface area (TPSA) is 89.7 Å². The van der Waals surface area contributed by atoms with Crippen LogP contribution >= 0.6 is 0 Å². The van der Waals surface area contributed by atoms with Crippen molar-refractivity contribution >= 4 is 16.0 Å². The number of ether oxygens (including phenoxy) is 1. The molecule has 0 aliphatic heterocycles. The van der Waals surface area contributed by atoms with Crippen molar-refractivity contribution in [2.75, 3.05) is 20.7 Å². The molecule has 112 valence electrons. The van der Waals surface area contributed by atoms with Gasteiger partial charge >= 0.3 is 5.97 Å². The van der Waals surface area contributed by atoms with Crippen molar-refractivity contribution in [1.82, 2.24) is 4.31 Å². The number of carbonyl (C=O) groups is 1. The fraction of sp³-hybridized carbons (Fsp3) is 0.462. The van der Waals surface area contributed by atoms with Crippen molar-refractivity contribution in [2.45, 2.75) is 24.8 Å². The maximum absolute atomic E-state index is 12.5. The highest BCUT2D eigenvalue weighted by molar-refractivity contribution is 7.89. The van der Waals surface area contributed by atoms with Crippen LogP contribution in [-0.2, 0) is 14.8 Å². The van der Waals surface area contributed by atoms with Gasteiger partial charge in [0.05, 0.1) is 17.6 Å². The van der Waals surface area contributed by atoms with Crippen molar-refractivity contribution in [1.29, 1.82) is 0 Å². The molecule has 0 spiro atoms. The van der Waals surface area contributed by atoms with Crippen LogP contribution in [0.1, 0.15) is 22.8 Å². The number of benzene rings is 1. The van der Waals surface area contributed by atoms with Crippen LogP contribution in [0.25, 0.3) is 0 Å². The molecule has 0 aromatic heterocycles. The van der Waals surface area contributed by atoms with Gasteiger partial charge in [-0.25, -0.2) is 13.2 Å². The van der Waals surface area contributed by atoms with E-state index < -0.39 is 16.0 Å². The van der Waals surface area contributed by atoms with Crippen molar-refractivity contribution in [3.63, 3.8) is 0 Å². The molecule has 1 aromatic rings. The Balaban J connectivity index is 3.37. The van der Waals surface area contributed by atoms with E-state index in [-0.39, 0.29) is 23.0 Å². The van der Waals surface area contributed by atoms with Gasteiger partial charge in [-0.15, -0.1) is 0 Å². The summed E-state index contributed by atoms with van der Waals surface area (Å²) in [6, 6.07) is 4.19. The van der Waals surface area contributed by atoms with E-state index in [4.69, 9.17) is 5.73 Å². The maximum atomic E-state index is 12.5. The van der Waals surface area contributed by atoms with Gasteiger partial charge < -0.3 is 10.5 Å². The Bertz CT molecular complexity index is 598. The summed E-state index contributed by atoms with van der Waals surface area (Å²) in [6.45, 7) is 3.52. The van der Waals surface area contributed by atoms with Crippen LogP contribution in [-0.4, -0.2) is 45.4 Å². The third-order valence-electron chi connectivity index (χ3n) is 3.31. The van der Waals surface area contributed by atoms with Crippen LogP contribution in [0.3, 0.4) is 0 Å². The standard InChI is InChI=1S/C13H20N2O4S/c1-9(8-14)15(3)20(17,18)12-7-5-6-11(10(12)2)13(16)19-4/h5-7,9H,8,14H2,1-4H3. The molecule has 20 heavy (non-hydrogen) atoms. The van der Waals surface area contributed by atoms with E-state index >= 15 is 0 Å². The zero-order valence-corrected chi connectivity index (χ0v) is 12.9. The van der Waals surface area contributed by atoms with Crippen molar-refractivity contribution in [3.05, 3.63) is 29.3 Å². The number of rotatable bonds is 5. The predicted octanol–water partition coefficient (Wildman–Crippen LogP) is 0.749. The smallest absolute Gasteiger partial charge is 0.338 e. The molecule has 0 bridgehead atoms. The van der Waals surface area contributed by atoms with Crippen LogP contribution in [0, 0.1) is 6.92 Å². The van der Waals surface area contributed by atoms with E-state index in [0.717, 1.165) is 0 Å². The molecule has 1 rings (SSSR count). The molecule has 0 saturated carbocycles. The first-order valence-electron chi connectivity index (χ1n) is 6.13. The molecule has 2 N–H and O–H groups in total. The minimum absolute atomic E-state index is 0.0863. The molecule has 0 aliphatic rings. The summed E-state index contributed by atoms with van der Waals surface area (Å²) in [4.78, 5) is 11.7. The third-order valence-corrected chi connectivity index (χ3v) is 5.42. The van der Waals surface area contributed by atoms with Gasteiger partial charge in [-0.2, -0.15) is 4.31 Å². The molecule has 1 unspecified atom stereocenters. The Hall–Kier alpha value is -1.44. The largest absolute Gasteiger partial charge is 0.465 e.